The molecule has 0 fully saturated rings. The third-order valence-corrected chi connectivity index (χ3v) is 4.94. The second kappa shape index (κ2) is 7.15. The zero-order valence-electron chi connectivity index (χ0n) is 12.2. The zero-order chi connectivity index (χ0) is 16.2. The lowest BCUT2D eigenvalue weighted by Gasteiger charge is -2.21. The summed E-state index contributed by atoms with van der Waals surface area (Å²) in [6.45, 7) is 9.83. The molecule has 0 aromatic heterocycles. The molecule has 0 aromatic rings. The summed E-state index contributed by atoms with van der Waals surface area (Å²) in [5.74, 6) is -2.72. The van der Waals surface area contributed by atoms with Crippen molar-refractivity contribution < 1.29 is 26.0 Å². The minimum Gasteiger partial charge on any atom is -0.253 e. The second-order valence-corrected chi connectivity index (χ2v) is 10.5. The number of halogens is 4. The normalized spacial score (nSPS) is 16.6. The SMILES string of the molecule is CC(C)(C)S(=O)C(C)(F)F.CC(C)(C)S(=O)C(F)F. The molecule has 0 heterocycles. The highest BCUT2D eigenvalue weighted by Gasteiger charge is 2.38. The minimum atomic E-state index is -3.09. The van der Waals surface area contributed by atoms with Crippen LogP contribution in [0.4, 0.5) is 17.6 Å². The quantitative estimate of drug-likeness (QED) is 0.721. The molecule has 0 aliphatic heterocycles. The molecule has 0 rings (SSSR count). The van der Waals surface area contributed by atoms with Gasteiger partial charge in [-0.2, -0.15) is 17.6 Å². The van der Waals surface area contributed by atoms with Crippen molar-refractivity contribution in [3.05, 3.63) is 0 Å². The van der Waals surface area contributed by atoms with Crippen molar-refractivity contribution in [2.75, 3.05) is 0 Å². The van der Waals surface area contributed by atoms with Crippen molar-refractivity contribution in [2.45, 2.75) is 69.0 Å². The molecule has 2 unspecified atom stereocenters. The van der Waals surface area contributed by atoms with Crippen LogP contribution in [0.1, 0.15) is 48.5 Å². The first-order valence-electron chi connectivity index (χ1n) is 5.50. The van der Waals surface area contributed by atoms with Gasteiger partial charge in [-0.3, -0.25) is 8.42 Å². The van der Waals surface area contributed by atoms with Gasteiger partial charge in [-0.05, 0) is 41.5 Å². The van der Waals surface area contributed by atoms with Crippen LogP contribution in [0.25, 0.3) is 0 Å². The fourth-order valence-corrected chi connectivity index (χ4v) is 2.41. The van der Waals surface area contributed by atoms with E-state index in [2.05, 4.69) is 0 Å². The highest BCUT2D eigenvalue weighted by molar-refractivity contribution is 7.87. The van der Waals surface area contributed by atoms with E-state index in [1.807, 2.05) is 0 Å². The molecular formula is C11H22F4O2S2. The van der Waals surface area contributed by atoms with Crippen LogP contribution >= 0.6 is 0 Å². The van der Waals surface area contributed by atoms with Gasteiger partial charge in [0.1, 0.15) is 0 Å². The van der Waals surface area contributed by atoms with Crippen molar-refractivity contribution in [2.24, 2.45) is 0 Å². The molecule has 0 amide bonds. The Bertz CT molecular complexity index is 309. The summed E-state index contributed by atoms with van der Waals surface area (Å²) in [6, 6.07) is 0. The van der Waals surface area contributed by atoms with Gasteiger partial charge in [0.2, 0.25) is 0 Å². The summed E-state index contributed by atoms with van der Waals surface area (Å²) in [5, 5.41) is -3.09. The molecule has 0 aromatic carbocycles. The van der Waals surface area contributed by atoms with E-state index in [9.17, 15) is 26.0 Å². The molecule has 2 nitrogen and oxygen atoms in total. The zero-order valence-corrected chi connectivity index (χ0v) is 13.9. The van der Waals surface area contributed by atoms with Crippen LogP contribution in [0.3, 0.4) is 0 Å². The number of alkyl halides is 4. The number of hydrogen-bond acceptors (Lipinski definition) is 2. The maximum atomic E-state index is 12.3. The van der Waals surface area contributed by atoms with E-state index in [1.165, 1.54) is 41.5 Å². The van der Waals surface area contributed by atoms with E-state index in [0.29, 0.717) is 6.92 Å². The predicted octanol–water partition coefficient (Wildman–Crippen LogP) is 3.90. The van der Waals surface area contributed by atoms with Gasteiger partial charge < -0.3 is 0 Å². The fraction of sp³-hybridized carbons (Fsp3) is 1.00. The van der Waals surface area contributed by atoms with Gasteiger partial charge in [0, 0.05) is 16.4 Å². The van der Waals surface area contributed by atoms with Crippen molar-refractivity contribution in [1.82, 2.24) is 0 Å². The molecule has 0 aliphatic rings. The minimum absolute atomic E-state index is 0.675. The van der Waals surface area contributed by atoms with E-state index < -0.39 is 42.1 Å². The van der Waals surface area contributed by atoms with Crippen LogP contribution < -0.4 is 0 Å². The predicted molar refractivity (Wildman–Crippen MR) is 72.4 cm³/mol. The van der Waals surface area contributed by atoms with E-state index >= 15 is 0 Å². The van der Waals surface area contributed by atoms with E-state index in [-0.39, 0.29) is 0 Å². The van der Waals surface area contributed by atoms with Gasteiger partial charge in [-0.25, -0.2) is 0 Å². The summed E-state index contributed by atoms with van der Waals surface area (Å²) >= 11 is 0. The van der Waals surface area contributed by atoms with E-state index in [1.54, 1.807) is 0 Å². The lowest BCUT2D eigenvalue weighted by Crippen LogP contribution is -2.33. The molecule has 0 radical (unpaired) electrons. The standard InChI is InChI=1S/C6H12F2OS.C5H10F2OS/c1-5(2,3)10(9)6(4,7)8;1-5(2,3)9(8)4(6)7/h1-4H3;4H,1-3H3. The fourth-order valence-electron chi connectivity index (χ4n) is 0.805. The molecule has 8 heteroatoms. The van der Waals surface area contributed by atoms with E-state index in [4.69, 9.17) is 0 Å². The Kier molecular flexibility index (Phi) is 8.02. The third-order valence-electron chi connectivity index (χ3n) is 1.65. The first-order valence-corrected chi connectivity index (χ1v) is 7.86. The van der Waals surface area contributed by atoms with E-state index in [0.717, 1.165) is 0 Å². The Morgan fingerprint density at radius 1 is 0.789 bits per heavy atom. The Balaban J connectivity index is 0. The van der Waals surface area contributed by atoms with Gasteiger partial charge in [-0.1, -0.05) is 0 Å². The first kappa shape index (κ1) is 21.3. The first-order chi connectivity index (χ1) is 8.01. The van der Waals surface area contributed by atoms with Crippen molar-refractivity contribution in [3.63, 3.8) is 0 Å². The van der Waals surface area contributed by atoms with Gasteiger partial charge in [0.05, 0.1) is 21.6 Å². The largest absolute Gasteiger partial charge is 0.318 e. The topological polar surface area (TPSA) is 34.1 Å². The summed E-state index contributed by atoms with van der Waals surface area (Å²) in [6.07, 6.45) is 0. The molecule has 0 bridgehead atoms. The second-order valence-electron chi connectivity index (χ2n) is 5.86. The average Bonchev–Trinajstić information content (AvgIpc) is 2.12. The smallest absolute Gasteiger partial charge is 0.253 e. The lowest BCUT2D eigenvalue weighted by molar-refractivity contribution is 0.119. The van der Waals surface area contributed by atoms with Crippen molar-refractivity contribution in [3.8, 4) is 0 Å². The molecular weight excluding hydrogens is 304 g/mol. The van der Waals surface area contributed by atoms with Crippen LogP contribution in [0.15, 0.2) is 0 Å². The van der Waals surface area contributed by atoms with Gasteiger partial charge >= 0.3 is 11.0 Å². The highest BCUT2D eigenvalue weighted by atomic mass is 32.2. The van der Waals surface area contributed by atoms with Crippen LogP contribution in [-0.2, 0) is 21.6 Å². The lowest BCUT2D eigenvalue weighted by atomic mass is 10.3. The van der Waals surface area contributed by atoms with Crippen LogP contribution in [0.5, 0.6) is 0 Å². The van der Waals surface area contributed by atoms with Gasteiger partial charge in [0.15, 0.2) is 0 Å². The Labute approximate surface area is 117 Å². The average molecular weight is 326 g/mol. The monoisotopic (exact) mass is 326 g/mol. The third kappa shape index (κ3) is 9.54. The number of rotatable bonds is 2. The summed E-state index contributed by atoms with van der Waals surface area (Å²) < 4.78 is 67.6. The van der Waals surface area contributed by atoms with Crippen molar-refractivity contribution >= 4 is 21.6 Å². The molecule has 19 heavy (non-hydrogen) atoms. The van der Waals surface area contributed by atoms with Crippen LogP contribution in [0, 0.1) is 0 Å². The summed E-state index contributed by atoms with van der Waals surface area (Å²) in [7, 11) is -4.11. The van der Waals surface area contributed by atoms with Gasteiger partial charge in [0.25, 0.3) is 0 Å². The molecule has 0 spiro atoms. The molecule has 118 valence electrons. The molecule has 0 saturated carbocycles. The highest BCUT2D eigenvalue weighted by Crippen LogP contribution is 2.26. The molecule has 0 N–H and O–H groups in total. The van der Waals surface area contributed by atoms with Crippen molar-refractivity contribution in [1.29, 1.82) is 0 Å². The summed E-state index contributed by atoms with van der Waals surface area (Å²) in [4.78, 5) is 0. The summed E-state index contributed by atoms with van der Waals surface area (Å²) in [5.41, 5.74) is 0. The Morgan fingerprint density at radius 2 is 1.11 bits per heavy atom. The van der Waals surface area contributed by atoms with Gasteiger partial charge in [-0.15, -0.1) is 0 Å². The Morgan fingerprint density at radius 3 is 1.11 bits per heavy atom. The molecule has 0 saturated heterocycles. The maximum Gasteiger partial charge on any atom is 0.318 e. The van der Waals surface area contributed by atoms with Crippen LogP contribution in [-0.4, -0.2) is 28.9 Å². The Hall–Kier alpha value is 0.0200. The maximum absolute atomic E-state index is 12.3. The van der Waals surface area contributed by atoms with Crippen LogP contribution in [0.2, 0.25) is 0 Å². The molecule has 0 aliphatic carbocycles. The molecule has 2 atom stereocenters. The number of hydrogen-bond donors (Lipinski definition) is 0.